The Kier molecular flexibility index (Phi) is 6.11. The number of aromatic nitrogens is 1. The fraction of sp³-hybridized carbons (Fsp3) is 0.500. The first-order valence-electron chi connectivity index (χ1n) is 7.93. The standard InChI is InChI=1S/C16H21N3O5/c1-11-6-2-3-7-12(11)17-16(22)18-14(20)10-24-15(21)13-8-4-5-9-19(13)23/h4-5,8-9,11-12H,2-3,6-7,10H2,1H3,(H2,17,18,20,22)/t11-,12-/m0/s1. The number of ether oxygens (including phenoxy) is 1. The van der Waals surface area contributed by atoms with Crippen molar-refractivity contribution >= 4 is 17.9 Å². The lowest BCUT2D eigenvalue weighted by Gasteiger charge is -2.29. The minimum Gasteiger partial charge on any atom is -0.618 e. The number of carbonyl (C=O) groups excluding carboxylic acids is 3. The number of pyridine rings is 1. The van der Waals surface area contributed by atoms with E-state index in [4.69, 9.17) is 4.74 Å². The molecule has 24 heavy (non-hydrogen) atoms. The third kappa shape index (κ3) is 4.94. The van der Waals surface area contributed by atoms with Crippen LogP contribution >= 0.6 is 0 Å². The molecule has 1 aromatic rings. The Morgan fingerprint density at radius 3 is 2.75 bits per heavy atom. The smallest absolute Gasteiger partial charge is 0.405 e. The van der Waals surface area contributed by atoms with Crippen molar-refractivity contribution in [1.82, 2.24) is 10.6 Å². The van der Waals surface area contributed by atoms with Crippen LogP contribution in [0, 0.1) is 11.1 Å². The van der Waals surface area contributed by atoms with Gasteiger partial charge < -0.3 is 15.3 Å². The third-order valence-corrected chi connectivity index (χ3v) is 4.05. The van der Waals surface area contributed by atoms with Crippen molar-refractivity contribution in [2.45, 2.75) is 38.6 Å². The Bertz CT molecular complexity index is 619. The van der Waals surface area contributed by atoms with Gasteiger partial charge in [-0.15, -0.1) is 0 Å². The average molecular weight is 335 g/mol. The quantitative estimate of drug-likeness (QED) is 0.482. The van der Waals surface area contributed by atoms with E-state index >= 15 is 0 Å². The van der Waals surface area contributed by atoms with Crippen molar-refractivity contribution in [2.75, 3.05) is 6.61 Å². The molecule has 2 N–H and O–H groups in total. The van der Waals surface area contributed by atoms with Crippen molar-refractivity contribution in [3.8, 4) is 0 Å². The maximum atomic E-state index is 11.8. The van der Waals surface area contributed by atoms with Crippen molar-refractivity contribution in [2.24, 2.45) is 5.92 Å². The number of urea groups is 1. The SMILES string of the molecule is C[C@H]1CCCC[C@@H]1NC(=O)NC(=O)COC(=O)c1cccc[n+]1[O-]. The summed E-state index contributed by atoms with van der Waals surface area (Å²) in [5.41, 5.74) is -0.231. The zero-order valence-electron chi connectivity index (χ0n) is 13.5. The summed E-state index contributed by atoms with van der Waals surface area (Å²) >= 11 is 0. The average Bonchev–Trinajstić information content (AvgIpc) is 2.55. The molecule has 0 aliphatic heterocycles. The molecule has 1 aliphatic carbocycles. The molecule has 1 aliphatic rings. The van der Waals surface area contributed by atoms with Crippen LogP contribution in [0.25, 0.3) is 0 Å². The molecule has 1 aromatic heterocycles. The normalized spacial score (nSPS) is 20.0. The minimum atomic E-state index is -0.929. The summed E-state index contributed by atoms with van der Waals surface area (Å²) in [7, 11) is 0. The van der Waals surface area contributed by atoms with Crippen molar-refractivity contribution in [3.05, 3.63) is 35.3 Å². The molecule has 0 spiro atoms. The highest BCUT2D eigenvalue weighted by Crippen LogP contribution is 2.23. The molecule has 1 heterocycles. The maximum Gasteiger partial charge on any atom is 0.405 e. The van der Waals surface area contributed by atoms with Gasteiger partial charge in [0.05, 0.1) is 0 Å². The van der Waals surface area contributed by atoms with Gasteiger partial charge in [-0.25, -0.2) is 9.59 Å². The van der Waals surface area contributed by atoms with Crippen LogP contribution in [0.15, 0.2) is 24.4 Å². The summed E-state index contributed by atoms with van der Waals surface area (Å²) < 4.78 is 5.08. The van der Waals surface area contributed by atoms with E-state index in [0.717, 1.165) is 31.9 Å². The number of rotatable bonds is 4. The zero-order chi connectivity index (χ0) is 17.5. The lowest BCUT2D eigenvalue weighted by molar-refractivity contribution is -0.608. The van der Waals surface area contributed by atoms with Gasteiger partial charge in [-0.2, -0.15) is 4.73 Å². The molecule has 0 unspecified atom stereocenters. The van der Waals surface area contributed by atoms with Gasteiger partial charge >= 0.3 is 17.7 Å². The summed E-state index contributed by atoms with van der Waals surface area (Å²) in [5.74, 6) is -1.32. The predicted octanol–water partition coefficient (Wildman–Crippen LogP) is 0.881. The van der Waals surface area contributed by atoms with Crippen LogP contribution in [0.5, 0.6) is 0 Å². The van der Waals surface area contributed by atoms with Gasteiger partial charge in [0.25, 0.3) is 5.91 Å². The molecule has 0 aromatic carbocycles. The van der Waals surface area contributed by atoms with Gasteiger partial charge in [-0.3, -0.25) is 10.1 Å². The molecule has 1 saturated carbocycles. The second-order valence-electron chi connectivity index (χ2n) is 5.88. The van der Waals surface area contributed by atoms with Gasteiger partial charge in [-0.1, -0.05) is 19.8 Å². The van der Waals surface area contributed by atoms with E-state index in [2.05, 4.69) is 17.6 Å². The van der Waals surface area contributed by atoms with E-state index in [9.17, 15) is 19.6 Å². The molecule has 1 fully saturated rings. The second-order valence-corrected chi connectivity index (χ2v) is 5.88. The summed E-state index contributed by atoms with van der Waals surface area (Å²) in [6.45, 7) is 1.42. The van der Waals surface area contributed by atoms with Crippen LogP contribution in [-0.2, 0) is 9.53 Å². The largest absolute Gasteiger partial charge is 0.618 e. The van der Waals surface area contributed by atoms with E-state index in [0.29, 0.717) is 10.6 Å². The first-order valence-corrected chi connectivity index (χ1v) is 7.93. The number of amides is 3. The van der Waals surface area contributed by atoms with Crippen LogP contribution in [0.3, 0.4) is 0 Å². The Hall–Kier alpha value is -2.64. The molecular weight excluding hydrogens is 314 g/mol. The summed E-state index contributed by atoms with van der Waals surface area (Å²) in [5, 5.41) is 16.3. The van der Waals surface area contributed by atoms with Crippen molar-refractivity contribution in [1.29, 1.82) is 0 Å². The zero-order valence-corrected chi connectivity index (χ0v) is 13.5. The molecule has 2 rings (SSSR count). The van der Waals surface area contributed by atoms with E-state index in [1.165, 1.54) is 18.2 Å². The summed E-state index contributed by atoms with van der Waals surface area (Å²) in [4.78, 5) is 35.2. The van der Waals surface area contributed by atoms with E-state index in [1.54, 1.807) is 0 Å². The first kappa shape index (κ1) is 17.7. The van der Waals surface area contributed by atoms with Crippen molar-refractivity contribution in [3.63, 3.8) is 0 Å². The topological polar surface area (TPSA) is 111 Å². The Morgan fingerprint density at radius 2 is 2.04 bits per heavy atom. The van der Waals surface area contributed by atoms with E-state index in [-0.39, 0.29) is 11.7 Å². The monoisotopic (exact) mass is 335 g/mol. The number of hydrogen-bond acceptors (Lipinski definition) is 5. The first-order chi connectivity index (χ1) is 11.5. The number of esters is 1. The molecule has 130 valence electrons. The van der Waals surface area contributed by atoms with Gasteiger partial charge in [0.2, 0.25) is 0 Å². The fourth-order valence-electron chi connectivity index (χ4n) is 2.69. The highest BCUT2D eigenvalue weighted by atomic mass is 16.5. The maximum absolute atomic E-state index is 11.8. The molecule has 0 saturated heterocycles. The van der Waals surface area contributed by atoms with Crippen molar-refractivity contribution < 1.29 is 23.9 Å². The molecule has 2 atom stereocenters. The summed E-state index contributed by atoms with van der Waals surface area (Å²) in [6.07, 6.45) is 5.27. The van der Waals surface area contributed by atoms with Crippen LogP contribution in [0.1, 0.15) is 43.1 Å². The van der Waals surface area contributed by atoms with Crippen LogP contribution in [0.2, 0.25) is 0 Å². The van der Waals surface area contributed by atoms with E-state index < -0.39 is 24.5 Å². The number of nitrogens with one attached hydrogen (secondary N) is 2. The van der Waals surface area contributed by atoms with Crippen LogP contribution < -0.4 is 15.4 Å². The highest BCUT2D eigenvalue weighted by molar-refractivity contribution is 5.96. The second kappa shape index (κ2) is 8.28. The number of hydrogen-bond donors (Lipinski definition) is 2. The van der Waals surface area contributed by atoms with Crippen LogP contribution in [0.4, 0.5) is 4.79 Å². The third-order valence-electron chi connectivity index (χ3n) is 4.05. The van der Waals surface area contributed by atoms with E-state index in [1.807, 2.05) is 0 Å². The van der Waals surface area contributed by atoms with Crippen LogP contribution in [-0.4, -0.2) is 30.6 Å². The summed E-state index contributed by atoms with van der Waals surface area (Å²) in [6, 6.07) is 3.69. The number of nitrogens with zero attached hydrogens (tertiary/aromatic N) is 1. The molecular formula is C16H21N3O5. The molecule has 8 heteroatoms. The predicted molar refractivity (Wildman–Crippen MR) is 83.8 cm³/mol. The Morgan fingerprint density at radius 1 is 1.29 bits per heavy atom. The lowest BCUT2D eigenvalue weighted by Crippen LogP contribution is -2.48. The highest BCUT2D eigenvalue weighted by Gasteiger charge is 2.24. The lowest BCUT2D eigenvalue weighted by atomic mass is 9.86. The van der Waals surface area contributed by atoms with Gasteiger partial charge in [0.15, 0.2) is 12.8 Å². The van der Waals surface area contributed by atoms with Gasteiger partial charge in [0, 0.05) is 18.2 Å². The molecule has 0 bridgehead atoms. The number of carbonyl (C=O) groups is 3. The fourth-order valence-corrected chi connectivity index (χ4v) is 2.69. The molecule has 0 radical (unpaired) electrons. The van der Waals surface area contributed by atoms with Gasteiger partial charge in [-0.05, 0) is 24.8 Å². The molecule has 3 amide bonds. The van der Waals surface area contributed by atoms with Gasteiger partial charge in [0.1, 0.15) is 0 Å². The minimum absolute atomic E-state index is 0.0397. The Labute approximate surface area is 139 Å². The Balaban J connectivity index is 1.75. The molecule has 8 nitrogen and oxygen atoms in total. The number of imide groups is 1.